The van der Waals surface area contributed by atoms with Crippen LogP contribution in [-0.4, -0.2) is 47.1 Å². The van der Waals surface area contributed by atoms with Crippen molar-refractivity contribution < 1.29 is 24.0 Å². The Kier molecular flexibility index (Phi) is 6.93. The SMILES string of the molecule is COc1ccc(/C=C2\SC(=O)N(CCNC(=O)c3ccc(Cl)c([N+](=O)[O-])c3)C2=O)cc1. The Balaban J connectivity index is 1.60. The molecular weight excluding hydrogens is 446 g/mol. The summed E-state index contributed by atoms with van der Waals surface area (Å²) in [6.45, 7) is -0.0465. The Bertz CT molecular complexity index is 1090. The molecule has 11 heteroatoms. The van der Waals surface area contributed by atoms with Gasteiger partial charge in [0.05, 0.1) is 16.9 Å². The first-order chi connectivity index (χ1) is 14.8. The number of nitrogens with zero attached hydrogens (tertiary/aromatic N) is 2. The van der Waals surface area contributed by atoms with E-state index in [1.165, 1.54) is 12.1 Å². The Morgan fingerprint density at radius 3 is 2.61 bits per heavy atom. The van der Waals surface area contributed by atoms with Crippen LogP contribution >= 0.6 is 23.4 Å². The van der Waals surface area contributed by atoms with Crippen LogP contribution < -0.4 is 10.1 Å². The van der Waals surface area contributed by atoms with E-state index in [9.17, 15) is 24.5 Å². The van der Waals surface area contributed by atoms with Gasteiger partial charge in [-0.25, -0.2) is 0 Å². The first-order valence-electron chi connectivity index (χ1n) is 8.91. The van der Waals surface area contributed by atoms with E-state index in [0.29, 0.717) is 5.75 Å². The molecule has 31 heavy (non-hydrogen) atoms. The highest BCUT2D eigenvalue weighted by Crippen LogP contribution is 2.32. The van der Waals surface area contributed by atoms with Gasteiger partial charge in [0, 0.05) is 24.7 Å². The molecule has 2 aromatic rings. The van der Waals surface area contributed by atoms with E-state index in [2.05, 4.69) is 5.32 Å². The van der Waals surface area contributed by atoms with Crippen LogP contribution in [0.25, 0.3) is 6.08 Å². The van der Waals surface area contributed by atoms with Crippen molar-refractivity contribution in [2.45, 2.75) is 0 Å². The van der Waals surface area contributed by atoms with Crippen molar-refractivity contribution in [2.24, 2.45) is 0 Å². The van der Waals surface area contributed by atoms with Crippen LogP contribution in [0.1, 0.15) is 15.9 Å². The number of nitro groups is 1. The number of rotatable bonds is 7. The summed E-state index contributed by atoms with van der Waals surface area (Å²) in [5, 5.41) is 13.0. The van der Waals surface area contributed by atoms with Crippen LogP contribution in [0, 0.1) is 10.1 Å². The zero-order valence-electron chi connectivity index (χ0n) is 16.2. The Morgan fingerprint density at radius 2 is 1.97 bits per heavy atom. The molecule has 0 aromatic heterocycles. The molecule has 3 rings (SSSR count). The van der Waals surface area contributed by atoms with Crippen LogP contribution in [0.5, 0.6) is 5.75 Å². The zero-order chi connectivity index (χ0) is 22.5. The molecule has 1 fully saturated rings. The summed E-state index contributed by atoms with van der Waals surface area (Å²) in [5.41, 5.74) is 0.400. The van der Waals surface area contributed by atoms with E-state index in [0.717, 1.165) is 28.3 Å². The van der Waals surface area contributed by atoms with Gasteiger partial charge in [0.1, 0.15) is 10.8 Å². The fourth-order valence-corrected chi connectivity index (χ4v) is 3.77. The molecule has 0 aliphatic carbocycles. The highest BCUT2D eigenvalue weighted by Gasteiger charge is 2.34. The highest BCUT2D eigenvalue weighted by atomic mass is 35.5. The van der Waals surface area contributed by atoms with E-state index in [1.54, 1.807) is 37.5 Å². The van der Waals surface area contributed by atoms with Gasteiger partial charge in [0.25, 0.3) is 22.7 Å². The van der Waals surface area contributed by atoms with Gasteiger partial charge in [0.2, 0.25) is 0 Å². The molecule has 9 nitrogen and oxygen atoms in total. The molecule has 0 atom stereocenters. The van der Waals surface area contributed by atoms with Gasteiger partial charge < -0.3 is 10.1 Å². The predicted molar refractivity (Wildman–Crippen MR) is 116 cm³/mol. The third-order valence-electron chi connectivity index (χ3n) is 4.31. The van der Waals surface area contributed by atoms with Crippen molar-refractivity contribution >= 4 is 52.2 Å². The van der Waals surface area contributed by atoms with E-state index < -0.39 is 22.0 Å². The summed E-state index contributed by atoms with van der Waals surface area (Å²) in [5.74, 6) is -0.366. The van der Waals surface area contributed by atoms with Crippen LogP contribution in [0.2, 0.25) is 5.02 Å². The maximum Gasteiger partial charge on any atom is 0.293 e. The van der Waals surface area contributed by atoms with Crippen molar-refractivity contribution in [3.05, 3.63) is 73.6 Å². The summed E-state index contributed by atoms with van der Waals surface area (Å²) < 4.78 is 5.08. The number of hydrogen-bond acceptors (Lipinski definition) is 7. The molecule has 0 spiro atoms. The number of amides is 3. The van der Waals surface area contributed by atoms with Crippen LogP contribution in [-0.2, 0) is 4.79 Å². The maximum absolute atomic E-state index is 12.5. The third kappa shape index (κ3) is 5.22. The summed E-state index contributed by atoms with van der Waals surface area (Å²) >= 11 is 6.55. The predicted octanol–water partition coefficient (Wildman–Crippen LogP) is 3.72. The average molecular weight is 462 g/mol. The lowest BCUT2D eigenvalue weighted by Gasteiger charge is -2.13. The third-order valence-corrected chi connectivity index (χ3v) is 5.54. The first-order valence-corrected chi connectivity index (χ1v) is 10.1. The van der Waals surface area contributed by atoms with Gasteiger partial charge in [-0.2, -0.15) is 0 Å². The van der Waals surface area contributed by atoms with Gasteiger partial charge in [-0.1, -0.05) is 23.7 Å². The lowest BCUT2D eigenvalue weighted by Crippen LogP contribution is -2.37. The van der Waals surface area contributed by atoms with Crippen molar-refractivity contribution in [3.63, 3.8) is 0 Å². The molecule has 3 amide bonds. The molecule has 0 unspecified atom stereocenters. The van der Waals surface area contributed by atoms with Crippen LogP contribution in [0.3, 0.4) is 0 Å². The number of imide groups is 1. The van der Waals surface area contributed by atoms with Crippen molar-refractivity contribution in [2.75, 3.05) is 20.2 Å². The summed E-state index contributed by atoms with van der Waals surface area (Å²) in [6.07, 6.45) is 1.61. The molecular formula is C20H16ClN3O6S. The summed E-state index contributed by atoms with van der Waals surface area (Å²) in [6, 6.07) is 10.7. The normalized spacial score (nSPS) is 14.8. The monoisotopic (exact) mass is 461 g/mol. The second-order valence-electron chi connectivity index (χ2n) is 6.29. The molecule has 2 aromatic carbocycles. The quantitative estimate of drug-likeness (QED) is 0.379. The summed E-state index contributed by atoms with van der Waals surface area (Å²) in [4.78, 5) is 48.5. The van der Waals surface area contributed by atoms with E-state index in [4.69, 9.17) is 16.3 Å². The second kappa shape index (κ2) is 9.63. The highest BCUT2D eigenvalue weighted by molar-refractivity contribution is 8.18. The first kappa shape index (κ1) is 22.3. The molecule has 0 saturated carbocycles. The average Bonchev–Trinajstić information content (AvgIpc) is 3.01. The van der Waals surface area contributed by atoms with Crippen molar-refractivity contribution in [1.29, 1.82) is 0 Å². The maximum atomic E-state index is 12.5. The molecule has 0 bridgehead atoms. The van der Waals surface area contributed by atoms with E-state index in [1.807, 2.05) is 0 Å². The number of carbonyl (C=O) groups excluding carboxylic acids is 3. The number of halogens is 1. The second-order valence-corrected chi connectivity index (χ2v) is 7.69. The minimum absolute atomic E-state index is 0.0108. The Morgan fingerprint density at radius 1 is 1.26 bits per heavy atom. The number of hydrogen-bond donors (Lipinski definition) is 1. The lowest BCUT2D eigenvalue weighted by atomic mass is 10.2. The van der Waals surface area contributed by atoms with Crippen LogP contribution in [0.15, 0.2) is 47.4 Å². The fourth-order valence-electron chi connectivity index (χ4n) is 2.72. The number of nitrogens with one attached hydrogen (secondary N) is 1. The van der Waals surface area contributed by atoms with Crippen LogP contribution in [0.4, 0.5) is 10.5 Å². The molecule has 1 heterocycles. The number of ether oxygens (including phenoxy) is 1. The Hall–Kier alpha value is -3.37. The largest absolute Gasteiger partial charge is 0.497 e. The zero-order valence-corrected chi connectivity index (χ0v) is 17.7. The van der Waals surface area contributed by atoms with Gasteiger partial charge in [-0.15, -0.1) is 0 Å². The molecule has 1 aliphatic heterocycles. The molecule has 0 radical (unpaired) electrons. The standard InChI is InChI=1S/C20H16ClN3O6S/c1-30-14-5-2-12(3-6-14)10-17-19(26)23(20(27)31-17)9-8-22-18(25)13-4-7-15(21)16(11-13)24(28)29/h2-7,10-11H,8-9H2,1H3,(H,22,25)/b17-10-. The number of nitro benzene ring substituents is 1. The smallest absolute Gasteiger partial charge is 0.293 e. The van der Waals surface area contributed by atoms with Crippen molar-refractivity contribution in [1.82, 2.24) is 10.2 Å². The summed E-state index contributed by atoms with van der Waals surface area (Å²) in [7, 11) is 1.55. The van der Waals surface area contributed by atoms with Gasteiger partial charge in [-0.05, 0) is 47.7 Å². The molecule has 160 valence electrons. The number of methoxy groups -OCH3 is 1. The number of thioether (sulfide) groups is 1. The number of carbonyl (C=O) groups is 3. The lowest BCUT2D eigenvalue weighted by molar-refractivity contribution is -0.384. The molecule has 1 N–H and O–H groups in total. The van der Waals surface area contributed by atoms with Gasteiger partial charge in [0.15, 0.2) is 0 Å². The Labute approximate surface area is 186 Å². The fraction of sp³-hybridized carbons (Fsp3) is 0.150. The van der Waals surface area contributed by atoms with E-state index >= 15 is 0 Å². The topological polar surface area (TPSA) is 119 Å². The molecule has 1 saturated heterocycles. The number of benzene rings is 2. The van der Waals surface area contributed by atoms with E-state index in [-0.39, 0.29) is 34.3 Å². The minimum atomic E-state index is -0.686. The van der Waals surface area contributed by atoms with Gasteiger partial charge >= 0.3 is 0 Å². The van der Waals surface area contributed by atoms with Gasteiger partial charge in [-0.3, -0.25) is 29.4 Å². The minimum Gasteiger partial charge on any atom is -0.497 e. The molecule has 1 aliphatic rings. The van der Waals surface area contributed by atoms with Crippen molar-refractivity contribution in [3.8, 4) is 5.75 Å².